The van der Waals surface area contributed by atoms with Gasteiger partial charge >= 0.3 is 0 Å². The average molecular weight is 200 g/mol. The van der Waals surface area contributed by atoms with Crippen LogP contribution in [0.3, 0.4) is 0 Å². The van der Waals surface area contributed by atoms with Gasteiger partial charge in [-0.1, -0.05) is 52.4 Å². The summed E-state index contributed by atoms with van der Waals surface area (Å²) in [5.41, 5.74) is 0. The van der Waals surface area contributed by atoms with Crippen molar-refractivity contribution < 1.29 is 4.74 Å². The van der Waals surface area contributed by atoms with E-state index in [1.807, 2.05) is 7.11 Å². The summed E-state index contributed by atoms with van der Waals surface area (Å²) in [4.78, 5) is 0. The molecule has 1 nitrogen and oxygen atoms in total. The lowest BCUT2D eigenvalue weighted by molar-refractivity contribution is 0.141. The van der Waals surface area contributed by atoms with Crippen molar-refractivity contribution in [2.45, 2.75) is 65.2 Å². The Bertz CT molecular complexity index is 95.4. The van der Waals surface area contributed by atoms with Gasteiger partial charge in [-0.25, -0.2) is 0 Å². The van der Waals surface area contributed by atoms with E-state index in [2.05, 4.69) is 13.8 Å². The van der Waals surface area contributed by atoms with Crippen LogP contribution in [-0.4, -0.2) is 13.7 Å². The van der Waals surface area contributed by atoms with Crippen molar-refractivity contribution in [2.24, 2.45) is 5.92 Å². The molecule has 0 aromatic rings. The lowest BCUT2D eigenvalue weighted by Crippen LogP contribution is -2.07. The fraction of sp³-hybridized carbons (Fsp3) is 1.00. The molecule has 0 bridgehead atoms. The van der Waals surface area contributed by atoms with Gasteiger partial charge in [0.1, 0.15) is 0 Å². The summed E-state index contributed by atoms with van der Waals surface area (Å²) in [5.74, 6) is 0.812. The molecule has 1 atom stereocenters. The third-order valence-corrected chi connectivity index (χ3v) is 2.82. The molecule has 0 aliphatic heterocycles. The molecule has 0 saturated carbocycles. The molecule has 0 aliphatic rings. The molecule has 86 valence electrons. The Morgan fingerprint density at radius 1 is 0.857 bits per heavy atom. The van der Waals surface area contributed by atoms with Crippen molar-refractivity contribution in [3.63, 3.8) is 0 Å². The second kappa shape index (κ2) is 11.0. The first kappa shape index (κ1) is 14.0. The molecule has 0 spiro atoms. The fourth-order valence-electron chi connectivity index (χ4n) is 1.99. The predicted molar refractivity (Wildman–Crippen MR) is 63.7 cm³/mol. The first-order valence-corrected chi connectivity index (χ1v) is 6.34. The van der Waals surface area contributed by atoms with E-state index in [-0.39, 0.29) is 0 Å². The van der Waals surface area contributed by atoms with Gasteiger partial charge in [0.05, 0.1) is 0 Å². The van der Waals surface area contributed by atoms with E-state index < -0.39 is 0 Å². The van der Waals surface area contributed by atoms with Gasteiger partial charge in [-0.05, 0) is 18.8 Å². The topological polar surface area (TPSA) is 9.23 Å². The molecule has 14 heavy (non-hydrogen) atoms. The summed E-state index contributed by atoms with van der Waals surface area (Å²) in [6.07, 6.45) is 11.0. The highest BCUT2D eigenvalue weighted by molar-refractivity contribution is 4.58. The maximum atomic E-state index is 5.23. The van der Waals surface area contributed by atoms with Gasteiger partial charge < -0.3 is 4.74 Å². The number of ether oxygens (including phenoxy) is 1. The molecular weight excluding hydrogens is 172 g/mol. The van der Waals surface area contributed by atoms with Crippen LogP contribution in [0.25, 0.3) is 0 Å². The molecule has 0 aromatic heterocycles. The van der Waals surface area contributed by atoms with Crippen molar-refractivity contribution in [2.75, 3.05) is 13.7 Å². The Morgan fingerprint density at radius 2 is 1.57 bits per heavy atom. The zero-order valence-electron chi connectivity index (χ0n) is 10.3. The van der Waals surface area contributed by atoms with Crippen LogP contribution in [0.15, 0.2) is 0 Å². The van der Waals surface area contributed by atoms with Crippen molar-refractivity contribution in [3.8, 4) is 0 Å². The van der Waals surface area contributed by atoms with Gasteiger partial charge in [-0.15, -0.1) is 0 Å². The van der Waals surface area contributed by atoms with Crippen LogP contribution < -0.4 is 0 Å². The van der Waals surface area contributed by atoms with Crippen molar-refractivity contribution in [1.82, 2.24) is 0 Å². The summed E-state index contributed by atoms with van der Waals surface area (Å²) in [7, 11) is 1.82. The predicted octanol–water partition coefficient (Wildman–Crippen LogP) is 4.41. The van der Waals surface area contributed by atoms with Gasteiger partial charge in [0.2, 0.25) is 0 Å². The Morgan fingerprint density at radius 3 is 2.14 bits per heavy atom. The summed E-state index contributed by atoms with van der Waals surface area (Å²) in [5, 5.41) is 0. The third-order valence-electron chi connectivity index (χ3n) is 2.82. The molecule has 0 heterocycles. The SMILES string of the molecule is CCCCCCCC(CCC)COC. The van der Waals surface area contributed by atoms with Gasteiger partial charge in [0.15, 0.2) is 0 Å². The summed E-state index contributed by atoms with van der Waals surface area (Å²) < 4.78 is 5.23. The maximum Gasteiger partial charge on any atom is 0.0490 e. The van der Waals surface area contributed by atoms with Crippen molar-refractivity contribution in [1.29, 1.82) is 0 Å². The monoisotopic (exact) mass is 200 g/mol. The zero-order chi connectivity index (χ0) is 10.6. The van der Waals surface area contributed by atoms with E-state index in [9.17, 15) is 0 Å². The van der Waals surface area contributed by atoms with Crippen LogP contribution in [0.2, 0.25) is 0 Å². The van der Waals surface area contributed by atoms with Crippen molar-refractivity contribution >= 4 is 0 Å². The molecule has 1 heteroatoms. The third kappa shape index (κ3) is 8.55. The second-order valence-electron chi connectivity index (χ2n) is 4.31. The molecular formula is C13H28O. The Labute approximate surface area is 90.2 Å². The van der Waals surface area contributed by atoms with E-state index >= 15 is 0 Å². The highest BCUT2D eigenvalue weighted by Crippen LogP contribution is 2.16. The van der Waals surface area contributed by atoms with Crippen molar-refractivity contribution in [3.05, 3.63) is 0 Å². The second-order valence-corrected chi connectivity index (χ2v) is 4.31. The number of rotatable bonds is 10. The smallest absolute Gasteiger partial charge is 0.0490 e. The number of methoxy groups -OCH3 is 1. The van der Waals surface area contributed by atoms with Crippen LogP contribution in [0.5, 0.6) is 0 Å². The minimum atomic E-state index is 0.812. The molecule has 0 fully saturated rings. The maximum absolute atomic E-state index is 5.23. The molecule has 0 rings (SSSR count). The number of hydrogen-bond donors (Lipinski definition) is 0. The minimum absolute atomic E-state index is 0.812. The number of unbranched alkanes of at least 4 members (excludes halogenated alkanes) is 4. The van der Waals surface area contributed by atoms with Gasteiger partial charge in [0.25, 0.3) is 0 Å². The molecule has 0 saturated heterocycles. The van der Waals surface area contributed by atoms with Crippen LogP contribution in [0.4, 0.5) is 0 Å². The van der Waals surface area contributed by atoms with Crippen LogP contribution in [0.1, 0.15) is 65.2 Å². The van der Waals surface area contributed by atoms with Crippen LogP contribution >= 0.6 is 0 Å². The quantitative estimate of drug-likeness (QED) is 0.475. The first-order chi connectivity index (χ1) is 6.85. The van der Waals surface area contributed by atoms with Gasteiger partial charge in [-0.3, -0.25) is 0 Å². The highest BCUT2D eigenvalue weighted by atomic mass is 16.5. The van der Waals surface area contributed by atoms with E-state index in [4.69, 9.17) is 4.74 Å². The van der Waals surface area contributed by atoms with E-state index in [1.165, 1.54) is 51.4 Å². The standard InChI is InChI=1S/C13H28O/c1-4-6-7-8-9-11-13(10-5-2)12-14-3/h13H,4-12H2,1-3H3. The normalized spacial score (nSPS) is 13.1. The molecule has 1 unspecified atom stereocenters. The molecule has 0 amide bonds. The minimum Gasteiger partial charge on any atom is -0.384 e. The molecule has 0 aromatic carbocycles. The Kier molecular flexibility index (Phi) is 11.0. The lowest BCUT2D eigenvalue weighted by atomic mass is 9.97. The van der Waals surface area contributed by atoms with Gasteiger partial charge in [0, 0.05) is 13.7 Å². The largest absolute Gasteiger partial charge is 0.384 e. The van der Waals surface area contributed by atoms with E-state index in [1.54, 1.807) is 0 Å². The van der Waals surface area contributed by atoms with E-state index in [0.717, 1.165) is 12.5 Å². The summed E-state index contributed by atoms with van der Waals surface area (Å²) in [6, 6.07) is 0. The molecule has 0 N–H and O–H groups in total. The Hall–Kier alpha value is -0.0400. The fourth-order valence-corrected chi connectivity index (χ4v) is 1.99. The Balaban J connectivity index is 3.30. The number of hydrogen-bond acceptors (Lipinski definition) is 1. The first-order valence-electron chi connectivity index (χ1n) is 6.34. The molecule has 0 radical (unpaired) electrons. The van der Waals surface area contributed by atoms with Crippen LogP contribution in [-0.2, 0) is 4.74 Å². The summed E-state index contributed by atoms with van der Waals surface area (Å²) in [6.45, 7) is 5.49. The van der Waals surface area contributed by atoms with Gasteiger partial charge in [-0.2, -0.15) is 0 Å². The average Bonchev–Trinajstić information content (AvgIpc) is 2.18. The highest BCUT2D eigenvalue weighted by Gasteiger charge is 2.06. The zero-order valence-corrected chi connectivity index (χ0v) is 10.3. The molecule has 0 aliphatic carbocycles. The van der Waals surface area contributed by atoms with E-state index in [0.29, 0.717) is 0 Å². The summed E-state index contributed by atoms with van der Waals surface area (Å²) >= 11 is 0. The van der Waals surface area contributed by atoms with Crippen LogP contribution in [0, 0.1) is 5.92 Å². The lowest BCUT2D eigenvalue weighted by Gasteiger charge is -2.14.